The molecule has 0 radical (unpaired) electrons. The summed E-state index contributed by atoms with van der Waals surface area (Å²) in [6, 6.07) is 6.68. The third kappa shape index (κ3) is 4.38. The number of rotatable bonds is 3. The average Bonchev–Trinajstić information content (AvgIpc) is 2.14. The van der Waals surface area contributed by atoms with Crippen LogP contribution >= 0.6 is 22.6 Å². The Labute approximate surface area is 100.0 Å². The van der Waals surface area contributed by atoms with Gasteiger partial charge >= 0.3 is 6.18 Å². The van der Waals surface area contributed by atoms with E-state index in [1.165, 1.54) is 0 Å². The lowest BCUT2D eigenvalue weighted by atomic mass is 10.0. The fourth-order valence-electron chi connectivity index (χ4n) is 1.25. The van der Waals surface area contributed by atoms with Crippen LogP contribution < -0.4 is 5.73 Å². The Balaban J connectivity index is 2.62. The lowest BCUT2D eigenvalue weighted by molar-refractivity contribution is -0.136. The zero-order chi connectivity index (χ0) is 11.5. The fraction of sp³-hybridized carbons (Fsp3) is 0.400. The van der Waals surface area contributed by atoms with E-state index in [2.05, 4.69) is 22.6 Å². The number of hydrogen-bond donors (Lipinski definition) is 1. The fourth-order valence-corrected chi connectivity index (χ4v) is 2.04. The van der Waals surface area contributed by atoms with Gasteiger partial charge in [-0.2, -0.15) is 13.2 Å². The summed E-state index contributed by atoms with van der Waals surface area (Å²) in [5, 5.41) is 0. The van der Waals surface area contributed by atoms with Gasteiger partial charge in [-0.1, -0.05) is 18.2 Å². The van der Waals surface area contributed by atoms with Gasteiger partial charge in [0, 0.05) is 16.0 Å². The second-order valence-corrected chi connectivity index (χ2v) is 4.44. The van der Waals surface area contributed by atoms with Gasteiger partial charge in [-0.15, -0.1) is 0 Å². The summed E-state index contributed by atoms with van der Waals surface area (Å²) in [6.07, 6.45) is -5.03. The quantitative estimate of drug-likeness (QED) is 0.842. The maximum Gasteiger partial charge on any atom is 0.389 e. The van der Waals surface area contributed by atoms with Crippen molar-refractivity contribution in [2.24, 2.45) is 5.73 Å². The van der Waals surface area contributed by atoms with Crippen LogP contribution in [0.4, 0.5) is 13.2 Å². The van der Waals surface area contributed by atoms with Crippen LogP contribution in [0.15, 0.2) is 24.3 Å². The summed E-state index contributed by atoms with van der Waals surface area (Å²) < 4.78 is 36.8. The molecule has 0 saturated heterocycles. The average molecular weight is 329 g/mol. The number of benzene rings is 1. The largest absolute Gasteiger partial charge is 0.389 e. The minimum Gasteiger partial charge on any atom is -0.324 e. The summed E-state index contributed by atoms with van der Waals surface area (Å²) in [7, 11) is 0. The van der Waals surface area contributed by atoms with E-state index >= 15 is 0 Å². The SMILES string of the molecule is NC(CCC(F)(F)F)c1ccccc1I. The smallest absolute Gasteiger partial charge is 0.324 e. The standard InChI is InChI=1S/C10H11F3IN/c11-10(12,13)6-5-9(15)7-3-1-2-4-8(7)14/h1-4,9H,5-6,15H2. The van der Waals surface area contributed by atoms with E-state index in [4.69, 9.17) is 5.73 Å². The Morgan fingerprint density at radius 1 is 1.27 bits per heavy atom. The van der Waals surface area contributed by atoms with Crippen molar-refractivity contribution in [3.63, 3.8) is 0 Å². The van der Waals surface area contributed by atoms with E-state index < -0.39 is 18.6 Å². The molecule has 0 bridgehead atoms. The van der Waals surface area contributed by atoms with Crippen LogP contribution in [0.3, 0.4) is 0 Å². The molecule has 5 heteroatoms. The van der Waals surface area contributed by atoms with E-state index in [0.717, 1.165) is 9.13 Å². The van der Waals surface area contributed by atoms with Crippen molar-refractivity contribution >= 4 is 22.6 Å². The molecule has 0 amide bonds. The molecule has 0 fully saturated rings. The first-order chi connectivity index (χ1) is 6.90. The summed E-state index contributed by atoms with van der Waals surface area (Å²) in [5.41, 5.74) is 6.48. The van der Waals surface area contributed by atoms with E-state index in [9.17, 15) is 13.2 Å². The van der Waals surface area contributed by atoms with Gasteiger partial charge in [0.05, 0.1) is 0 Å². The van der Waals surface area contributed by atoms with Crippen molar-refractivity contribution in [1.82, 2.24) is 0 Å². The van der Waals surface area contributed by atoms with Crippen molar-refractivity contribution in [1.29, 1.82) is 0 Å². The Hall–Kier alpha value is -0.300. The second kappa shape index (κ2) is 5.16. The molecule has 1 aromatic rings. The highest BCUT2D eigenvalue weighted by Crippen LogP contribution is 2.27. The summed E-state index contributed by atoms with van der Waals surface area (Å²) >= 11 is 2.07. The van der Waals surface area contributed by atoms with Gasteiger partial charge in [-0.05, 0) is 40.6 Å². The molecule has 1 aromatic carbocycles. The molecule has 0 heterocycles. The first-order valence-corrected chi connectivity index (χ1v) is 5.55. The summed E-state index contributed by atoms with van der Waals surface area (Å²) in [6.45, 7) is 0. The van der Waals surface area contributed by atoms with Crippen molar-refractivity contribution in [3.05, 3.63) is 33.4 Å². The molecular weight excluding hydrogens is 318 g/mol. The van der Waals surface area contributed by atoms with Crippen molar-refractivity contribution in [2.75, 3.05) is 0 Å². The Bertz CT molecular complexity index is 325. The number of alkyl halides is 3. The normalized spacial score (nSPS) is 13.9. The van der Waals surface area contributed by atoms with E-state index in [1.807, 2.05) is 12.1 Å². The minimum absolute atomic E-state index is 0.0660. The zero-order valence-electron chi connectivity index (χ0n) is 7.89. The highest BCUT2D eigenvalue weighted by molar-refractivity contribution is 14.1. The van der Waals surface area contributed by atoms with Crippen molar-refractivity contribution < 1.29 is 13.2 Å². The van der Waals surface area contributed by atoms with Crippen LogP contribution in [0.25, 0.3) is 0 Å². The lowest BCUT2D eigenvalue weighted by Crippen LogP contribution is -2.16. The highest BCUT2D eigenvalue weighted by Gasteiger charge is 2.28. The van der Waals surface area contributed by atoms with Crippen LogP contribution in [-0.2, 0) is 0 Å². The molecule has 1 unspecified atom stereocenters. The molecule has 0 aliphatic rings. The van der Waals surface area contributed by atoms with E-state index in [-0.39, 0.29) is 6.42 Å². The molecule has 0 saturated carbocycles. The predicted octanol–water partition coefficient (Wildman–Crippen LogP) is 3.63. The third-order valence-electron chi connectivity index (χ3n) is 2.04. The lowest BCUT2D eigenvalue weighted by Gasteiger charge is -2.14. The monoisotopic (exact) mass is 329 g/mol. The van der Waals surface area contributed by atoms with Gasteiger partial charge in [0.2, 0.25) is 0 Å². The van der Waals surface area contributed by atoms with Gasteiger partial charge < -0.3 is 5.73 Å². The van der Waals surface area contributed by atoms with E-state index in [0.29, 0.717) is 0 Å². The summed E-state index contributed by atoms with van der Waals surface area (Å²) in [4.78, 5) is 0. The number of nitrogens with two attached hydrogens (primary N) is 1. The van der Waals surface area contributed by atoms with Crippen molar-refractivity contribution in [2.45, 2.75) is 25.1 Å². The Morgan fingerprint density at radius 3 is 2.40 bits per heavy atom. The minimum atomic E-state index is -4.13. The van der Waals surface area contributed by atoms with Crippen molar-refractivity contribution in [3.8, 4) is 0 Å². The summed E-state index contributed by atoms with van der Waals surface area (Å²) in [5.74, 6) is 0. The Morgan fingerprint density at radius 2 is 1.87 bits per heavy atom. The highest BCUT2D eigenvalue weighted by atomic mass is 127. The second-order valence-electron chi connectivity index (χ2n) is 3.28. The molecule has 15 heavy (non-hydrogen) atoms. The van der Waals surface area contributed by atoms with Gasteiger partial charge in [-0.3, -0.25) is 0 Å². The van der Waals surface area contributed by atoms with Gasteiger partial charge in [0.25, 0.3) is 0 Å². The molecule has 0 aliphatic heterocycles. The molecule has 1 atom stereocenters. The van der Waals surface area contributed by atoms with Crippen LogP contribution in [0, 0.1) is 3.57 Å². The zero-order valence-corrected chi connectivity index (χ0v) is 10.0. The van der Waals surface area contributed by atoms with Gasteiger partial charge in [0.1, 0.15) is 0 Å². The molecule has 1 nitrogen and oxygen atoms in total. The van der Waals surface area contributed by atoms with Crippen LogP contribution in [-0.4, -0.2) is 6.18 Å². The van der Waals surface area contributed by atoms with Crippen LogP contribution in [0.5, 0.6) is 0 Å². The topological polar surface area (TPSA) is 26.0 Å². The third-order valence-corrected chi connectivity index (χ3v) is 3.03. The number of hydrogen-bond acceptors (Lipinski definition) is 1. The first kappa shape index (κ1) is 12.8. The van der Waals surface area contributed by atoms with Crippen LogP contribution in [0.2, 0.25) is 0 Å². The molecule has 0 spiro atoms. The molecule has 0 aliphatic carbocycles. The molecule has 0 aromatic heterocycles. The number of halogens is 4. The van der Waals surface area contributed by atoms with Gasteiger partial charge in [0.15, 0.2) is 0 Å². The molecular formula is C10H11F3IN. The van der Waals surface area contributed by atoms with Gasteiger partial charge in [-0.25, -0.2) is 0 Å². The van der Waals surface area contributed by atoms with E-state index in [1.54, 1.807) is 12.1 Å². The maximum absolute atomic E-state index is 12.0. The Kier molecular flexibility index (Phi) is 4.39. The molecule has 84 valence electrons. The first-order valence-electron chi connectivity index (χ1n) is 4.47. The molecule has 1 rings (SSSR count). The van der Waals surface area contributed by atoms with Crippen LogP contribution in [0.1, 0.15) is 24.4 Å². The maximum atomic E-state index is 12.0. The molecule has 2 N–H and O–H groups in total. The predicted molar refractivity (Wildman–Crippen MR) is 61.4 cm³/mol.